The third-order valence-electron chi connectivity index (χ3n) is 9.93. The maximum absolute atomic E-state index is 4.71. The largest absolute Gasteiger partial charge is 0.309 e. The minimum Gasteiger partial charge on any atom is -0.309 e. The lowest BCUT2D eigenvalue weighted by Gasteiger charge is -2.26. The van der Waals surface area contributed by atoms with E-state index >= 15 is 0 Å². The van der Waals surface area contributed by atoms with E-state index in [0.717, 1.165) is 21.9 Å². The van der Waals surface area contributed by atoms with Crippen LogP contribution in [0.5, 0.6) is 0 Å². The average Bonchev–Trinajstić information content (AvgIpc) is 3.58. The first-order valence-electron chi connectivity index (χ1n) is 17.0. The summed E-state index contributed by atoms with van der Waals surface area (Å²) in [5, 5.41) is 10.1. The zero-order valence-electron chi connectivity index (χ0n) is 27.1. The van der Waals surface area contributed by atoms with Crippen molar-refractivity contribution in [3.63, 3.8) is 0 Å². The fourth-order valence-corrected chi connectivity index (χ4v) is 8.60. The van der Waals surface area contributed by atoms with E-state index in [2.05, 4.69) is 175 Å². The van der Waals surface area contributed by atoms with Crippen molar-refractivity contribution in [2.24, 2.45) is 0 Å². The summed E-state index contributed by atoms with van der Waals surface area (Å²) in [6.45, 7) is 0. The number of anilines is 3. The van der Waals surface area contributed by atoms with Gasteiger partial charge in [-0.05, 0) is 103 Å². The molecule has 0 bridgehead atoms. The fourth-order valence-electron chi connectivity index (χ4n) is 7.46. The molecule has 0 radical (unpaired) electrons. The molecular formula is C47H30N2S. The predicted molar refractivity (Wildman–Crippen MR) is 215 cm³/mol. The number of pyridine rings is 1. The first kappa shape index (κ1) is 28.7. The number of fused-ring (bicyclic) bond motifs is 8. The Labute approximate surface area is 294 Å². The van der Waals surface area contributed by atoms with Gasteiger partial charge in [0.15, 0.2) is 0 Å². The number of aromatic nitrogens is 1. The number of thiophene rings is 1. The normalized spacial score (nSPS) is 11.6. The third kappa shape index (κ3) is 4.74. The quantitative estimate of drug-likeness (QED) is 0.172. The van der Waals surface area contributed by atoms with Gasteiger partial charge in [0.05, 0.1) is 10.4 Å². The molecule has 0 spiro atoms. The van der Waals surface area contributed by atoms with Gasteiger partial charge in [0.2, 0.25) is 0 Å². The lowest BCUT2D eigenvalue weighted by atomic mass is 9.94. The van der Waals surface area contributed by atoms with Crippen LogP contribution < -0.4 is 4.90 Å². The topological polar surface area (TPSA) is 16.1 Å². The Morgan fingerprint density at radius 1 is 0.380 bits per heavy atom. The summed E-state index contributed by atoms with van der Waals surface area (Å²) in [5.41, 5.74) is 8.18. The van der Waals surface area contributed by atoms with Gasteiger partial charge in [0.25, 0.3) is 0 Å². The van der Waals surface area contributed by atoms with Crippen molar-refractivity contribution in [2.75, 3.05) is 4.90 Å². The second-order valence-electron chi connectivity index (χ2n) is 12.8. The molecule has 0 saturated heterocycles. The summed E-state index contributed by atoms with van der Waals surface area (Å²) >= 11 is 1.76. The minimum absolute atomic E-state index is 1.06. The van der Waals surface area contributed by atoms with Gasteiger partial charge < -0.3 is 4.90 Å². The molecule has 0 atom stereocenters. The molecule has 50 heavy (non-hydrogen) atoms. The highest BCUT2D eigenvalue weighted by atomic mass is 32.1. The van der Waals surface area contributed by atoms with Crippen LogP contribution in [-0.2, 0) is 0 Å². The molecule has 234 valence electrons. The van der Waals surface area contributed by atoms with Gasteiger partial charge in [-0.15, -0.1) is 11.3 Å². The van der Waals surface area contributed by atoms with Gasteiger partial charge in [-0.2, -0.15) is 0 Å². The lowest BCUT2D eigenvalue weighted by Crippen LogP contribution is -2.10. The number of hydrogen-bond acceptors (Lipinski definition) is 3. The summed E-state index contributed by atoms with van der Waals surface area (Å²) < 4.78 is 1.23. The first-order valence-corrected chi connectivity index (χ1v) is 17.8. The molecule has 10 rings (SSSR count). The van der Waals surface area contributed by atoms with Crippen LogP contribution in [0, 0.1) is 0 Å². The summed E-state index contributed by atoms with van der Waals surface area (Å²) in [7, 11) is 0. The zero-order chi connectivity index (χ0) is 33.0. The number of hydrogen-bond donors (Lipinski definition) is 0. The molecule has 0 aliphatic carbocycles. The van der Waals surface area contributed by atoms with Gasteiger partial charge in [0, 0.05) is 28.3 Å². The van der Waals surface area contributed by atoms with Crippen molar-refractivity contribution in [1.82, 2.24) is 4.98 Å². The van der Waals surface area contributed by atoms with Gasteiger partial charge in [-0.3, -0.25) is 0 Å². The van der Waals surface area contributed by atoms with Crippen molar-refractivity contribution in [3.8, 4) is 22.3 Å². The maximum atomic E-state index is 4.71. The van der Waals surface area contributed by atoms with Crippen LogP contribution in [0.15, 0.2) is 182 Å². The van der Waals surface area contributed by atoms with E-state index in [-0.39, 0.29) is 0 Å². The Balaban J connectivity index is 1.10. The second kappa shape index (κ2) is 11.7. The summed E-state index contributed by atoms with van der Waals surface area (Å²) in [6.07, 6.45) is 1.88. The van der Waals surface area contributed by atoms with Crippen LogP contribution in [0.4, 0.5) is 17.1 Å². The number of nitrogens with zero attached hydrogens (tertiary/aromatic N) is 2. The molecule has 0 aliphatic rings. The third-order valence-corrected chi connectivity index (χ3v) is 11.1. The van der Waals surface area contributed by atoms with E-state index in [1.54, 1.807) is 11.3 Å². The molecule has 10 aromatic rings. The van der Waals surface area contributed by atoms with Crippen LogP contribution in [0.3, 0.4) is 0 Å². The molecular weight excluding hydrogens is 625 g/mol. The molecule has 8 aromatic carbocycles. The number of benzene rings is 8. The first-order chi connectivity index (χ1) is 24.8. The minimum atomic E-state index is 1.06. The smallest absolute Gasteiger partial charge is 0.124 e. The van der Waals surface area contributed by atoms with Crippen LogP contribution in [0.25, 0.3) is 74.9 Å². The van der Waals surface area contributed by atoms with Gasteiger partial charge >= 0.3 is 0 Å². The molecule has 0 amide bonds. The number of rotatable bonds is 5. The van der Waals surface area contributed by atoms with Crippen LogP contribution in [-0.4, -0.2) is 4.98 Å². The van der Waals surface area contributed by atoms with Crippen LogP contribution in [0.1, 0.15) is 0 Å². The molecule has 0 fully saturated rings. The molecule has 2 heterocycles. The zero-order valence-corrected chi connectivity index (χ0v) is 27.9. The second-order valence-corrected chi connectivity index (χ2v) is 13.8. The van der Waals surface area contributed by atoms with E-state index in [1.807, 2.05) is 12.3 Å². The average molecular weight is 655 g/mol. The van der Waals surface area contributed by atoms with E-state index in [1.165, 1.54) is 70.0 Å². The Morgan fingerprint density at radius 2 is 0.960 bits per heavy atom. The molecule has 3 heteroatoms. The van der Waals surface area contributed by atoms with Crippen molar-refractivity contribution in [1.29, 1.82) is 0 Å². The Morgan fingerprint density at radius 3 is 1.74 bits per heavy atom. The summed E-state index contributed by atoms with van der Waals surface area (Å²) in [5.74, 6) is 0. The molecule has 0 aliphatic heterocycles. The standard InChI is InChI=1S/C47H30N2S/c1-2-8-31(9-3-1)32-17-23-37(24-18-32)49(45-14-6-12-42-43-13-7-29-48-47(43)50-46(42)45)38-25-19-33(20-26-38)36-16-15-35-22-27-40-39-11-5-4-10-34(39)21-28-41(40)44(35)30-36/h1-30H. The predicted octanol–water partition coefficient (Wildman–Crippen LogP) is 13.7. The van der Waals surface area contributed by atoms with Gasteiger partial charge in [0.1, 0.15) is 4.83 Å². The molecule has 2 nitrogen and oxygen atoms in total. The fraction of sp³-hybridized carbons (Fsp3) is 0. The monoisotopic (exact) mass is 654 g/mol. The van der Waals surface area contributed by atoms with E-state index in [0.29, 0.717) is 0 Å². The molecule has 0 saturated carbocycles. The highest BCUT2D eigenvalue weighted by molar-refractivity contribution is 7.26. The lowest BCUT2D eigenvalue weighted by molar-refractivity contribution is 1.30. The maximum Gasteiger partial charge on any atom is 0.124 e. The van der Waals surface area contributed by atoms with E-state index < -0.39 is 0 Å². The Kier molecular flexibility index (Phi) is 6.71. The summed E-state index contributed by atoms with van der Waals surface area (Å²) in [4.78, 5) is 8.15. The van der Waals surface area contributed by atoms with Gasteiger partial charge in [-0.25, -0.2) is 4.98 Å². The Hall–Kier alpha value is -6.29. The van der Waals surface area contributed by atoms with E-state index in [4.69, 9.17) is 4.98 Å². The SMILES string of the molecule is c1ccc(-c2ccc(N(c3ccc(-c4ccc5ccc6c7ccccc7ccc6c5c4)cc3)c3cccc4c3sc3ncccc34)cc2)cc1. The van der Waals surface area contributed by atoms with Crippen molar-refractivity contribution in [2.45, 2.75) is 0 Å². The van der Waals surface area contributed by atoms with Crippen molar-refractivity contribution < 1.29 is 0 Å². The van der Waals surface area contributed by atoms with Crippen LogP contribution >= 0.6 is 11.3 Å². The highest BCUT2D eigenvalue weighted by Crippen LogP contribution is 2.45. The molecule has 0 N–H and O–H groups in total. The Bertz CT molecular complexity index is 2850. The van der Waals surface area contributed by atoms with Crippen molar-refractivity contribution in [3.05, 3.63) is 182 Å². The van der Waals surface area contributed by atoms with Crippen molar-refractivity contribution >= 4 is 81.0 Å². The molecule has 2 aromatic heterocycles. The summed E-state index contributed by atoms with van der Waals surface area (Å²) in [6, 6.07) is 63.9. The molecule has 0 unspecified atom stereocenters. The highest BCUT2D eigenvalue weighted by Gasteiger charge is 2.19. The van der Waals surface area contributed by atoms with E-state index in [9.17, 15) is 0 Å². The van der Waals surface area contributed by atoms with Crippen LogP contribution in [0.2, 0.25) is 0 Å². The van der Waals surface area contributed by atoms with Gasteiger partial charge in [-0.1, -0.05) is 127 Å².